The molecular formula is C24H23N3O2S. The first kappa shape index (κ1) is 20.0. The van der Waals surface area contributed by atoms with Crippen molar-refractivity contribution in [1.29, 1.82) is 0 Å². The lowest BCUT2D eigenvalue weighted by atomic mass is 9.87. The number of nitrogens with zero attached hydrogens (tertiary/aromatic N) is 3. The second kappa shape index (κ2) is 7.88. The van der Waals surface area contributed by atoms with Gasteiger partial charge in [-0.15, -0.1) is 5.10 Å². The number of ether oxygens (including phenoxy) is 1. The van der Waals surface area contributed by atoms with Crippen LogP contribution in [0.25, 0.3) is 23.2 Å². The Kier molecular flexibility index (Phi) is 5.26. The molecule has 0 bridgehead atoms. The molecule has 4 aromatic rings. The Labute approximate surface area is 179 Å². The van der Waals surface area contributed by atoms with Crippen molar-refractivity contribution < 1.29 is 4.74 Å². The zero-order valence-electron chi connectivity index (χ0n) is 17.4. The molecule has 152 valence electrons. The molecule has 0 aliphatic heterocycles. The van der Waals surface area contributed by atoms with E-state index >= 15 is 0 Å². The minimum Gasteiger partial charge on any atom is -0.497 e. The minimum atomic E-state index is -0.147. The molecule has 30 heavy (non-hydrogen) atoms. The summed E-state index contributed by atoms with van der Waals surface area (Å²) >= 11 is 1.35. The Bertz CT molecular complexity index is 1310. The summed E-state index contributed by atoms with van der Waals surface area (Å²) in [5.41, 5.74) is 3.21. The maximum Gasteiger partial charge on any atom is 0.291 e. The second-order valence-electron chi connectivity index (χ2n) is 8.06. The third kappa shape index (κ3) is 4.19. The molecular weight excluding hydrogens is 394 g/mol. The van der Waals surface area contributed by atoms with Crippen LogP contribution in [-0.2, 0) is 5.41 Å². The monoisotopic (exact) mass is 417 g/mol. The Balaban J connectivity index is 1.59. The van der Waals surface area contributed by atoms with E-state index in [2.05, 4.69) is 43.0 Å². The van der Waals surface area contributed by atoms with Crippen LogP contribution >= 0.6 is 11.3 Å². The van der Waals surface area contributed by atoms with Gasteiger partial charge in [-0.3, -0.25) is 4.79 Å². The van der Waals surface area contributed by atoms with Gasteiger partial charge in [0, 0.05) is 0 Å². The Hall–Kier alpha value is -3.25. The van der Waals surface area contributed by atoms with Gasteiger partial charge in [-0.25, -0.2) is 0 Å². The summed E-state index contributed by atoms with van der Waals surface area (Å²) in [7, 11) is 1.64. The fourth-order valence-electron chi connectivity index (χ4n) is 3.04. The lowest BCUT2D eigenvalue weighted by Crippen LogP contribution is -2.23. The molecule has 0 fully saturated rings. The molecule has 0 aliphatic carbocycles. The van der Waals surface area contributed by atoms with Crippen LogP contribution in [0.15, 0.2) is 53.3 Å². The lowest BCUT2D eigenvalue weighted by Gasteiger charge is -2.18. The van der Waals surface area contributed by atoms with E-state index in [4.69, 9.17) is 4.74 Å². The van der Waals surface area contributed by atoms with E-state index in [0.717, 1.165) is 16.9 Å². The van der Waals surface area contributed by atoms with Gasteiger partial charge in [-0.1, -0.05) is 74.6 Å². The molecule has 0 saturated heterocycles. The smallest absolute Gasteiger partial charge is 0.291 e. The van der Waals surface area contributed by atoms with Crippen LogP contribution in [-0.4, -0.2) is 21.7 Å². The number of fused-ring (bicyclic) bond motifs is 1. The highest BCUT2D eigenvalue weighted by atomic mass is 32.1. The molecule has 0 amide bonds. The van der Waals surface area contributed by atoms with E-state index in [-0.39, 0.29) is 11.0 Å². The van der Waals surface area contributed by atoms with Crippen LogP contribution in [0, 0.1) is 0 Å². The Morgan fingerprint density at radius 2 is 1.63 bits per heavy atom. The van der Waals surface area contributed by atoms with Gasteiger partial charge >= 0.3 is 0 Å². The van der Waals surface area contributed by atoms with Crippen molar-refractivity contribution >= 4 is 34.5 Å². The van der Waals surface area contributed by atoms with Gasteiger partial charge in [0.2, 0.25) is 4.96 Å². The number of hydrogen-bond donors (Lipinski definition) is 0. The molecule has 2 heterocycles. The van der Waals surface area contributed by atoms with Crippen LogP contribution in [0.4, 0.5) is 0 Å². The minimum absolute atomic E-state index is 0.103. The zero-order valence-corrected chi connectivity index (χ0v) is 18.2. The third-order valence-electron chi connectivity index (χ3n) is 4.81. The first-order valence-electron chi connectivity index (χ1n) is 9.67. The van der Waals surface area contributed by atoms with Gasteiger partial charge < -0.3 is 4.74 Å². The van der Waals surface area contributed by atoms with Crippen molar-refractivity contribution in [3.8, 4) is 5.75 Å². The summed E-state index contributed by atoms with van der Waals surface area (Å²) in [6.45, 7) is 6.55. The summed E-state index contributed by atoms with van der Waals surface area (Å²) < 4.78 is 7.15. The van der Waals surface area contributed by atoms with Gasteiger partial charge in [0.25, 0.3) is 5.56 Å². The molecule has 4 rings (SSSR count). The lowest BCUT2D eigenvalue weighted by molar-refractivity contribution is 0.415. The van der Waals surface area contributed by atoms with Crippen LogP contribution in [0.5, 0.6) is 5.75 Å². The fourth-order valence-corrected chi connectivity index (χ4v) is 3.95. The molecule has 0 saturated carbocycles. The van der Waals surface area contributed by atoms with Crippen LogP contribution in [0.2, 0.25) is 0 Å². The number of benzene rings is 2. The number of rotatable bonds is 4. The zero-order chi connectivity index (χ0) is 21.3. The molecule has 0 unspecified atom stereocenters. The van der Waals surface area contributed by atoms with Gasteiger partial charge in [0.05, 0.1) is 11.6 Å². The molecule has 5 nitrogen and oxygen atoms in total. The van der Waals surface area contributed by atoms with Crippen LogP contribution < -0.4 is 14.8 Å². The highest BCUT2D eigenvalue weighted by Crippen LogP contribution is 2.22. The summed E-state index contributed by atoms with van der Waals surface area (Å²) in [5.74, 6) is 1.32. The third-order valence-corrected chi connectivity index (χ3v) is 5.77. The average Bonchev–Trinajstić information content (AvgIpc) is 3.25. The van der Waals surface area contributed by atoms with Crippen LogP contribution in [0.1, 0.15) is 43.3 Å². The summed E-state index contributed by atoms with van der Waals surface area (Å²) in [5, 5.41) is 4.34. The number of aromatic nitrogens is 3. The molecule has 0 atom stereocenters. The van der Waals surface area contributed by atoms with E-state index < -0.39 is 0 Å². The fraction of sp³-hybridized carbons (Fsp3) is 0.208. The van der Waals surface area contributed by atoms with Gasteiger partial charge in [-0.05, 0) is 46.4 Å². The molecule has 0 radical (unpaired) electrons. The maximum absolute atomic E-state index is 12.7. The molecule has 2 aromatic carbocycles. The summed E-state index contributed by atoms with van der Waals surface area (Å²) in [6, 6.07) is 16.0. The number of thiazole rings is 1. The quantitative estimate of drug-likeness (QED) is 0.500. The summed E-state index contributed by atoms with van der Waals surface area (Å²) in [4.78, 5) is 17.8. The van der Waals surface area contributed by atoms with E-state index in [0.29, 0.717) is 15.3 Å². The standard InChI is InChI=1S/C24H23N3O2S/c1-24(2,3)18-10-5-17(6-11-18)15-20-22(28)27-23(30-20)25-21(26-27)14-9-16-7-12-19(29-4)13-8-16/h5-15H,1-4H3/b14-9+,20-15+. The highest BCUT2D eigenvalue weighted by Gasteiger charge is 2.13. The summed E-state index contributed by atoms with van der Waals surface area (Å²) in [6.07, 6.45) is 5.60. The first-order valence-corrected chi connectivity index (χ1v) is 10.5. The average molecular weight is 418 g/mol. The highest BCUT2D eigenvalue weighted by molar-refractivity contribution is 7.15. The largest absolute Gasteiger partial charge is 0.497 e. The molecule has 6 heteroatoms. The first-order chi connectivity index (χ1) is 14.3. The van der Waals surface area contributed by atoms with Crippen molar-refractivity contribution in [2.75, 3.05) is 7.11 Å². The number of hydrogen-bond acceptors (Lipinski definition) is 5. The van der Waals surface area contributed by atoms with Crippen molar-refractivity contribution in [2.45, 2.75) is 26.2 Å². The van der Waals surface area contributed by atoms with Crippen molar-refractivity contribution in [3.63, 3.8) is 0 Å². The van der Waals surface area contributed by atoms with Crippen molar-refractivity contribution in [1.82, 2.24) is 14.6 Å². The Morgan fingerprint density at radius 1 is 0.967 bits per heavy atom. The van der Waals surface area contributed by atoms with Crippen molar-refractivity contribution in [2.24, 2.45) is 0 Å². The number of methoxy groups -OCH3 is 1. The van der Waals surface area contributed by atoms with Crippen LogP contribution in [0.3, 0.4) is 0 Å². The van der Waals surface area contributed by atoms with E-state index in [1.807, 2.05) is 48.6 Å². The predicted molar refractivity (Wildman–Crippen MR) is 123 cm³/mol. The predicted octanol–water partition coefficient (Wildman–Crippen LogP) is 4.18. The van der Waals surface area contributed by atoms with Gasteiger partial charge in [-0.2, -0.15) is 9.50 Å². The van der Waals surface area contributed by atoms with Crippen molar-refractivity contribution in [3.05, 3.63) is 85.9 Å². The Morgan fingerprint density at radius 3 is 2.23 bits per heavy atom. The van der Waals surface area contributed by atoms with E-state index in [1.54, 1.807) is 13.2 Å². The normalized spacial score (nSPS) is 12.9. The van der Waals surface area contributed by atoms with Gasteiger partial charge in [0.1, 0.15) is 5.75 Å². The van der Waals surface area contributed by atoms with Gasteiger partial charge in [0.15, 0.2) is 5.82 Å². The SMILES string of the molecule is COc1ccc(/C=C/c2nc3s/c(=C/c4ccc(C(C)(C)C)cc4)c(=O)n3n2)cc1. The maximum atomic E-state index is 12.7. The molecule has 0 N–H and O–H groups in total. The molecule has 0 aliphatic rings. The molecule has 2 aromatic heterocycles. The second-order valence-corrected chi connectivity index (χ2v) is 9.07. The topological polar surface area (TPSA) is 56.5 Å². The molecule has 0 spiro atoms. The van der Waals surface area contributed by atoms with E-state index in [9.17, 15) is 4.79 Å². The van der Waals surface area contributed by atoms with E-state index in [1.165, 1.54) is 21.4 Å².